The first-order chi connectivity index (χ1) is 16.8. The molecule has 0 aliphatic rings. The molecule has 1 rings (SSSR count). The molecule has 0 spiro atoms. The smallest absolute Gasteiger partial charge is 0.245 e. The molecule has 0 bridgehead atoms. The maximum Gasteiger partial charge on any atom is 0.245 e. The molecule has 0 heterocycles. The maximum absolute atomic E-state index is 13.9. The van der Waals surface area contributed by atoms with Crippen LogP contribution < -0.4 is 10.6 Å². The highest BCUT2D eigenvalue weighted by Crippen LogP contribution is 2.29. The highest BCUT2D eigenvalue weighted by molar-refractivity contribution is 7.92. The highest BCUT2D eigenvalue weighted by atomic mass is 32.2. The number of hydrogen-bond donors (Lipinski definition) is 2. The Morgan fingerprint density at radius 2 is 1.46 bits per heavy atom. The zero-order chi connectivity index (χ0) is 28.9. The number of carbonyl (C=O) groups excluding carboxylic acids is 2. The lowest BCUT2D eigenvalue weighted by molar-refractivity contribution is -0.140. The van der Waals surface area contributed by atoms with Crippen molar-refractivity contribution in [2.24, 2.45) is 11.3 Å². The number of rotatable bonds is 11. The predicted molar refractivity (Wildman–Crippen MR) is 151 cm³/mol. The molecule has 2 amide bonds. The molecule has 210 valence electrons. The number of allylic oxidation sites excluding steroid dienone is 1. The maximum atomic E-state index is 13.9. The highest BCUT2D eigenvalue weighted by Gasteiger charge is 2.41. The number of likely N-dealkylation sites (N-methyl/N-ethyl adjacent to an activating group) is 2. The molecule has 0 aromatic heterocycles. The Bertz CT molecular complexity index is 1060. The van der Waals surface area contributed by atoms with Gasteiger partial charge in [-0.15, -0.1) is 0 Å². The standard InChI is InChI=1S/C28H48N4O4S/c1-19(2)22(18-20(3)37(35,36)31(10)11)32(12)26(34)24(27(4,5)6)30-25(33)23(29-9)28(7,8)21-16-14-13-15-17-21/h13-19,22-24,29H,1-12H3,(H,30,33)/t22-,23+,24+/m0/s1. The van der Waals surface area contributed by atoms with E-state index in [0.29, 0.717) is 0 Å². The number of benzene rings is 1. The van der Waals surface area contributed by atoms with Crippen molar-refractivity contribution >= 4 is 21.8 Å². The van der Waals surface area contributed by atoms with Crippen molar-refractivity contribution < 1.29 is 18.0 Å². The minimum absolute atomic E-state index is 0.0559. The van der Waals surface area contributed by atoms with E-state index in [9.17, 15) is 18.0 Å². The Labute approximate surface area is 224 Å². The third kappa shape index (κ3) is 7.88. The van der Waals surface area contributed by atoms with E-state index in [4.69, 9.17) is 0 Å². The first-order valence-corrected chi connectivity index (χ1v) is 14.1. The van der Waals surface area contributed by atoms with Crippen LogP contribution in [0.3, 0.4) is 0 Å². The van der Waals surface area contributed by atoms with Gasteiger partial charge >= 0.3 is 0 Å². The van der Waals surface area contributed by atoms with E-state index in [1.165, 1.54) is 21.0 Å². The van der Waals surface area contributed by atoms with Gasteiger partial charge in [-0.25, -0.2) is 12.7 Å². The van der Waals surface area contributed by atoms with Crippen LogP contribution in [0.4, 0.5) is 0 Å². The molecule has 0 radical (unpaired) electrons. The van der Waals surface area contributed by atoms with Crippen LogP contribution >= 0.6 is 0 Å². The molecule has 9 heteroatoms. The molecule has 1 aromatic rings. The van der Waals surface area contributed by atoms with Gasteiger partial charge in [0.25, 0.3) is 0 Å². The minimum Gasteiger partial charge on any atom is -0.342 e. The van der Waals surface area contributed by atoms with Crippen molar-refractivity contribution in [3.63, 3.8) is 0 Å². The summed E-state index contributed by atoms with van der Waals surface area (Å²) in [5, 5.41) is 6.16. The summed E-state index contributed by atoms with van der Waals surface area (Å²) in [4.78, 5) is 29.2. The van der Waals surface area contributed by atoms with Gasteiger partial charge in [0.1, 0.15) is 6.04 Å². The Hall–Kier alpha value is -2.23. The second-order valence-electron chi connectivity index (χ2n) is 11.9. The summed E-state index contributed by atoms with van der Waals surface area (Å²) in [6, 6.07) is 7.89. The molecule has 0 saturated heterocycles. The van der Waals surface area contributed by atoms with Crippen molar-refractivity contribution in [1.29, 1.82) is 0 Å². The first kappa shape index (κ1) is 32.8. The summed E-state index contributed by atoms with van der Waals surface area (Å²) in [6.07, 6.45) is 1.62. The molecule has 0 aliphatic heterocycles. The summed E-state index contributed by atoms with van der Waals surface area (Å²) in [6.45, 7) is 15.1. The summed E-state index contributed by atoms with van der Waals surface area (Å²) in [7, 11) is 2.74. The van der Waals surface area contributed by atoms with E-state index in [0.717, 1.165) is 9.87 Å². The first-order valence-electron chi connectivity index (χ1n) is 12.7. The summed E-state index contributed by atoms with van der Waals surface area (Å²) >= 11 is 0. The fraction of sp³-hybridized carbons (Fsp3) is 0.643. The zero-order valence-corrected chi connectivity index (χ0v) is 25.5. The quantitative estimate of drug-likeness (QED) is 0.452. The monoisotopic (exact) mass is 536 g/mol. The molecule has 0 saturated carbocycles. The molecule has 0 aliphatic carbocycles. The third-order valence-corrected chi connectivity index (χ3v) is 8.87. The largest absolute Gasteiger partial charge is 0.342 e. The van der Waals surface area contributed by atoms with E-state index in [1.807, 2.05) is 78.8 Å². The van der Waals surface area contributed by atoms with Gasteiger partial charge in [-0.2, -0.15) is 0 Å². The molecule has 8 nitrogen and oxygen atoms in total. The number of carbonyl (C=O) groups is 2. The fourth-order valence-electron chi connectivity index (χ4n) is 4.44. The normalized spacial score (nSPS) is 15.9. The average molecular weight is 537 g/mol. The van der Waals surface area contributed by atoms with Crippen LogP contribution in [0.1, 0.15) is 61.0 Å². The Balaban J connectivity index is 3.36. The van der Waals surface area contributed by atoms with Crippen LogP contribution in [0.2, 0.25) is 0 Å². The van der Waals surface area contributed by atoms with Crippen molar-refractivity contribution in [3.05, 3.63) is 46.9 Å². The van der Waals surface area contributed by atoms with Crippen molar-refractivity contribution in [3.8, 4) is 0 Å². The van der Waals surface area contributed by atoms with Crippen LogP contribution in [0.15, 0.2) is 41.3 Å². The van der Waals surface area contributed by atoms with Gasteiger partial charge in [-0.1, -0.05) is 78.8 Å². The molecule has 2 N–H and O–H groups in total. The number of nitrogens with zero attached hydrogens (tertiary/aromatic N) is 2. The van der Waals surface area contributed by atoms with Crippen LogP contribution in [0.5, 0.6) is 0 Å². The second kappa shape index (κ2) is 12.5. The Morgan fingerprint density at radius 3 is 1.86 bits per heavy atom. The van der Waals surface area contributed by atoms with Crippen LogP contribution in [0, 0.1) is 11.3 Å². The lowest BCUT2D eigenvalue weighted by atomic mass is 9.76. The van der Waals surface area contributed by atoms with Gasteiger partial charge in [0, 0.05) is 26.6 Å². The lowest BCUT2D eigenvalue weighted by Gasteiger charge is -2.40. The van der Waals surface area contributed by atoms with E-state index in [1.54, 1.807) is 25.1 Å². The van der Waals surface area contributed by atoms with Crippen molar-refractivity contribution in [1.82, 2.24) is 19.8 Å². The summed E-state index contributed by atoms with van der Waals surface area (Å²) < 4.78 is 26.4. The SMILES string of the molecule is CN[C@H](C(=O)N[C@H](C(=O)N(C)[C@@H](C=C(C)S(=O)(=O)N(C)C)C(C)C)C(C)(C)C)C(C)(C)c1ccccc1. The molecule has 0 unspecified atom stereocenters. The molecule has 1 aromatic carbocycles. The zero-order valence-electron chi connectivity index (χ0n) is 24.7. The topological polar surface area (TPSA) is 98.8 Å². The Morgan fingerprint density at radius 1 is 0.946 bits per heavy atom. The van der Waals surface area contributed by atoms with Gasteiger partial charge in [0.05, 0.1) is 17.0 Å². The molecule has 0 fully saturated rings. The van der Waals surface area contributed by atoms with E-state index < -0.39 is 39.0 Å². The van der Waals surface area contributed by atoms with Gasteiger partial charge < -0.3 is 15.5 Å². The summed E-state index contributed by atoms with van der Waals surface area (Å²) in [5.74, 6) is -0.612. The third-order valence-electron chi connectivity index (χ3n) is 6.96. The summed E-state index contributed by atoms with van der Waals surface area (Å²) in [5.41, 5.74) is -0.132. The molecule has 3 atom stereocenters. The fourth-order valence-corrected chi connectivity index (χ4v) is 5.33. The van der Waals surface area contributed by atoms with Crippen LogP contribution in [-0.2, 0) is 25.0 Å². The molecular formula is C28H48N4O4S. The lowest BCUT2D eigenvalue weighted by Crippen LogP contribution is -2.61. The minimum atomic E-state index is -3.61. The predicted octanol–water partition coefficient (Wildman–Crippen LogP) is 3.36. The van der Waals surface area contributed by atoms with Crippen LogP contribution in [0.25, 0.3) is 0 Å². The van der Waals surface area contributed by atoms with E-state index in [2.05, 4.69) is 10.6 Å². The van der Waals surface area contributed by atoms with Gasteiger partial charge in [-0.3, -0.25) is 9.59 Å². The Kier molecular flexibility index (Phi) is 11.1. The number of nitrogens with one attached hydrogen (secondary N) is 2. The van der Waals surface area contributed by atoms with E-state index >= 15 is 0 Å². The second-order valence-corrected chi connectivity index (χ2v) is 14.2. The van der Waals surface area contributed by atoms with E-state index in [-0.39, 0.29) is 22.6 Å². The molecular weight excluding hydrogens is 488 g/mol. The van der Waals surface area contributed by atoms with Crippen LogP contribution in [-0.4, -0.2) is 75.8 Å². The van der Waals surface area contributed by atoms with Crippen molar-refractivity contribution in [2.75, 3.05) is 28.2 Å². The van der Waals surface area contributed by atoms with Gasteiger partial charge in [0.15, 0.2) is 0 Å². The number of sulfonamides is 1. The number of hydrogen-bond acceptors (Lipinski definition) is 5. The average Bonchev–Trinajstić information content (AvgIpc) is 2.79. The van der Waals surface area contributed by atoms with Crippen molar-refractivity contribution in [2.45, 2.75) is 78.9 Å². The van der Waals surface area contributed by atoms with Gasteiger partial charge in [-0.05, 0) is 36.9 Å². The number of amides is 2. The van der Waals surface area contributed by atoms with Gasteiger partial charge in [0.2, 0.25) is 21.8 Å². The molecule has 37 heavy (non-hydrogen) atoms.